The number of ether oxygens (including phenoxy) is 1. The van der Waals surface area contributed by atoms with Crippen LogP contribution in [0.25, 0.3) is 0 Å². The molecule has 0 aromatic rings. The summed E-state index contributed by atoms with van der Waals surface area (Å²) in [5.74, 6) is -0.187. The number of nitrogens with one attached hydrogen (secondary N) is 1. The third-order valence-electron chi connectivity index (χ3n) is 4.01. The molecule has 1 fully saturated rings. The van der Waals surface area contributed by atoms with E-state index < -0.39 is 5.97 Å². The number of carbonyl (C=O) groups is 2. The summed E-state index contributed by atoms with van der Waals surface area (Å²) >= 11 is 0. The molecule has 0 aromatic heterocycles. The molecule has 1 aliphatic rings. The second kappa shape index (κ2) is 8.79. The topological polar surface area (TPSA) is 78.9 Å². The van der Waals surface area contributed by atoms with Gasteiger partial charge in [-0.25, -0.2) is 9.59 Å². The predicted molar refractivity (Wildman–Crippen MR) is 75.7 cm³/mol. The van der Waals surface area contributed by atoms with Crippen molar-refractivity contribution in [1.29, 1.82) is 0 Å². The van der Waals surface area contributed by atoms with E-state index in [-0.39, 0.29) is 19.2 Å². The highest BCUT2D eigenvalue weighted by Gasteiger charge is 2.25. The number of nitrogens with zero attached hydrogens (tertiary/aromatic N) is 1. The summed E-state index contributed by atoms with van der Waals surface area (Å²) in [5.41, 5.74) is 0. The predicted octanol–water partition coefficient (Wildman–Crippen LogP) is 1.70. The highest BCUT2D eigenvalue weighted by atomic mass is 16.5. The van der Waals surface area contributed by atoms with Crippen LogP contribution in [-0.2, 0) is 9.53 Å². The van der Waals surface area contributed by atoms with Crippen molar-refractivity contribution in [2.45, 2.75) is 45.1 Å². The summed E-state index contributed by atoms with van der Waals surface area (Å²) in [6.07, 6.45) is 5.75. The molecule has 2 amide bonds. The summed E-state index contributed by atoms with van der Waals surface area (Å²) in [6, 6.07) is 0.210. The molecule has 20 heavy (non-hydrogen) atoms. The Morgan fingerprint density at radius 3 is 2.50 bits per heavy atom. The Kier molecular flexibility index (Phi) is 7.36. The van der Waals surface area contributed by atoms with Crippen LogP contribution in [0.3, 0.4) is 0 Å². The number of hydrogen-bond acceptors (Lipinski definition) is 3. The first-order valence-electron chi connectivity index (χ1n) is 7.34. The highest BCUT2D eigenvalue weighted by molar-refractivity contribution is 5.74. The van der Waals surface area contributed by atoms with Crippen LogP contribution >= 0.6 is 0 Å². The largest absolute Gasteiger partial charge is 0.480 e. The number of rotatable bonds is 7. The molecule has 0 radical (unpaired) electrons. The summed E-state index contributed by atoms with van der Waals surface area (Å²) in [5, 5.41) is 11.1. The van der Waals surface area contributed by atoms with Crippen molar-refractivity contribution in [2.24, 2.45) is 5.92 Å². The molecule has 0 spiro atoms. The van der Waals surface area contributed by atoms with Crippen LogP contribution in [-0.4, -0.2) is 54.9 Å². The van der Waals surface area contributed by atoms with E-state index in [9.17, 15) is 9.59 Å². The molecule has 116 valence electrons. The van der Waals surface area contributed by atoms with Crippen molar-refractivity contribution in [2.75, 3.05) is 26.8 Å². The van der Waals surface area contributed by atoms with Gasteiger partial charge in [-0.1, -0.05) is 13.3 Å². The average Bonchev–Trinajstić information content (AvgIpc) is 2.45. The Morgan fingerprint density at radius 2 is 1.95 bits per heavy atom. The smallest absolute Gasteiger partial charge is 0.329 e. The van der Waals surface area contributed by atoms with Crippen molar-refractivity contribution in [3.8, 4) is 0 Å². The SMILES string of the molecule is CCC1CCC(N(C)C(=O)NCCOCC(=O)O)CC1. The fourth-order valence-electron chi connectivity index (χ4n) is 2.62. The summed E-state index contributed by atoms with van der Waals surface area (Å²) < 4.78 is 4.87. The van der Waals surface area contributed by atoms with E-state index in [2.05, 4.69) is 12.2 Å². The molecule has 0 bridgehead atoms. The van der Waals surface area contributed by atoms with E-state index in [1.54, 1.807) is 4.90 Å². The van der Waals surface area contributed by atoms with E-state index in [4.69, 9.17) is 9.84 Å². The van der Waals surface area contributed by atoms with Crippen LogP contribution in [0, 0.1) is 5.92 Å². The van der Waals surface area contributed by atoms with Crippen LogP contribution in [0.4, 0.5) is 4.79 Å². The molecule has 1 saturated carbocycles. The Hall–Kier alpha value is -1.30. The molecule has 6 heteroatoms. The summed E-state index contributed by atoms with van der Waals surface area (Å²) in [4.78, 5) is 23.9. The van der Waals surface area contributed by atoms with Gasteiger partial charge >= 0.3 is 12.0 Å². The van der Waals surface area contributed by atoms with E-state index in [0.717, 1.165) is 18.8 Å². The van der Waals surface area contributed by atoms with Gasteiger partial charge in [0.1, 0.15) is 6.61 Å². The normalized spacial score (nSPS) is 22.3. The Balaban J connectivity index is 2.17. The molecule has 0 aliphatic heterocycles. The van der Waals surface area contributed by atoms with Gasteiger partial charge in [-0.05, 0) is 31.6 Å². The van der Waals surface area contributed by atoms with Crippen LogP contribution in [0.2, 0.25) is 0 Å². The maximum Gasteiger partial charge on any atom is 0.329 e. The van der Waals surface area contributed by atoms with Crippen molar-refractivity contribution in [1.82, 2.24) is 10.2 Å². The first-order valence-corrected chi connectivity index (χ1v) is 7.34. The fraction of sp³-hybridized carbons (Fsp3) is 0.857. The minimum absolute atomic E-state index is 0.108. The number of hydrogen-bond donors (Lipinski definition) is 2. The number of aliphatic carboxylic acids is 1. The van der Waals surface area contributed by atoms with Crippen molar-refractivity contribution in [3.05, 3.63) is 0 Å². The van der Waals surface area contributed by atoms with Gasteiger partial charge in [0, 0.05) is 19.6 Å². The van der Waals surface area contributed by atoms with Gasteiger partial charge in [-0.3, -0.25) is 0 Å². The van der Waals surface area contributed by atoms with Crippen LogP contribution in [0.1, 0.15) is 39.0 Å². The van der Waals surface area contributed by atoms with Gasteiger partial charge < -0.3 is 20.1 Å². The Labute approximate surface area is 120 Å². The zero-order valence-electron chi connectivity index (χ0n) is 12.4. The lowest BCUT2D eigenvalue weighted by molar-refractivity contribution is -0.142. The molecule has 6 nitrogen and oxygen atoms in total. The van der Waals surface area contributed by atoms with Crippen molar-refractivity contribution < 1.29 is 19.4 Å². The Morgan fingerprint density at radius 1 is 1.30 bits per heavy atom. The number of carboxylic acids is 1. The monoisotopic (exact) mass is 286 g/mol. The zero-order valence-corrected chi connectivity index (χ0v) is 12.4. The minimum Gasteiger partial charge on any atom is -0.480 e. The maximum absolute atomic E-state index is 11.9. The molecule has 2 N–H and O–H groups in total. The molecule has 0 unspecified atom stereocenters. The maximum atomic E-state index is 11.9. The quantitative estimate of drug-likeness (QED) is 0.698. The first kappa shape index (κ1) is 16.8. The summed E-state index contributed by atoms with van der Waals surface area (Å²) in [6.45, 7) is 2.44. The number of urea groups is 1. The second-order valence-corrected chi connectivity index (χ2v) is 5.37. The van der Waals surface area contributed by atoms with Crippen molar-refractivity contribution >= 4 is 12.0 Å². The average molecular weight is 286 g/mol. The van der Waals surface area contributed by atoms with Gasteiger partial charge in [0.15, 0.2) is 0 Å². The molecular weight excluding hydrogens is 260 g/mol. The molecular formula is C14H26N2O4. The van der Waals surface area contributed by atoms with Crippen LogP contribution < -0.4 is 5.32 Å². The number of carbonyl (C=O) groups excluding carboxylic acids is 1. The lowest BCUT2D eigenvalue weighted by Gasteiger charge is -2.34. The highest BCUT2D eigenvalue weighted by Crippen LogP contribution is 2.28. The van der Waals surface area contributed by atoms with E-state index in [1.807, 2.05) is 7.05 Å². The number of amides is 2. The zero-order chi connectivity index (χ0) is 15.0. The van der Waals surface area contributed by atoms with Gasteiger partial charge in [-0.2, -0.15) is 0 Å². The molecule has 0 aromatic carbocycles. The fourth-order valence-corrected chi connectivity index (χ4v) is 2.62. The van der Waals surface area contributed by atoms with Gasteiger partial charge in [0.05, 0.1) is 6.61 Å². The van der Waals surface area contributed by atoms with Crippen LogP contribution in [0.15, 0.2) is 0 Å². The van der Waals surface area contributed by atoms with E-state index >= 15 is 0 Å². The Bertz CT molecular complexity index is 314. The van der Waals surface area contributed by atoms with Crippen LogP contribution in [0.5, 0.6) is 0 Å². The van der Waals surface area contributed by atoms with Crippen molar-refractivity contribution in [3.63, 3.8) is 0 Å². The number of carboxylic acid groups (broad SMARTS) is 1. The van der Waals surface area contributed by atoms with Gasteiger partial charge in [-0.15, -0.1) is 0 Å². The molecule has 0 saturated heterocycles. The molecule has 0 heterocycles. The van der Waals surface area contributed by atoms with E-state index in [1.165, 1.54) is 19.3 Å². The van der Waals surface area contributed by atoms with Gasteiger partial charge in [0.25, 0.3) is 0 Å². The molecule has 1 aliphatic carbocycles. The summed E-state index contributed by atoms with van der Waals surface area (Å²) in [7, 11) is 1.82. The molecule has 0 atom stereocenters. The van der Waals surface area contributed by atoms with Gasteiger partial charge in [0.2, 0.25) is 0 Å². The second-order valence-electron chi connectivity index (χ2n) is 5.37. The first-order chi connectivity index (χ1) is 9.54. The van der Waals surface area contributed by atoms with E-state index in [0.29, 0.717) is 12.6 Å². The third-order valence-corrected chi connectivity index (χ3v) is 4.01. The lowest BCUT2D eigenvalue weighted by Crippen LogP contribution is -2.45. The third kappa shape index (κ3) is 5.77. The molecule has 1 rings (SSSR count). The minimum atomic E-state index is -0.999. The standard InChI is InChI=1S/C14H26N2O4/c1-3-11-4-6-12(7-5-11)16(2)14(19)15-8-9-20-10-13(17)18/h11-12H,3-10H2,1-2H3,(H,15,19)(H,17,18). The lowest BCUT2D eigenvalue weighted by atomic mass is 9.84.